The van der Waals surface area contributed by atoms with Crippen molar-refractivity contribution >= 4 is 41.0 Å². The summed E-state index contributed by atoms with van der Waals surface area (Å²) in [5.41, 5.74) is 4.48. The van der Waals surface area contributed by atoms with Gasteiger partial charge in [0.25, 0.3) is 0 Å². The molecule has 0 aliphatic heterocycles. The zero-order valence-corrected chi connectivity index (χ0v) is 18.0. The van der Waals surface area contributed by atoms with E-state index in [2.05, 4.69) is 28.1 Å². The van der Waals surface area contributed by atoms with E-state index in [0.29, 0.717) is 23.7 Å². The fraction of sp³-hybridized carbons (Fsp3) is 0.318. The van der Waals surface area contributed by atoms with Crippen molar-refractivity contribution in [3.8, 4) is 5.75 Å². The largest absolute Gasteiger partial charge is 0.494 e. The van der Waals surface area contributed by atoms with Gasteiger partial charge in [-0.3, -0.25) is 9.59 Å². The number of halogens is 1. The van der Waals surface area contributed by atoms with E-state index < -0.39 is 11.8 Å². The maximum absolute atomic E-state index is 11.8. The predicted octanol–water partition coefficient (Wildman–Crippen LogP) is 4.24. The zero-order chi connectivity index (χ0) is 21.8. The quantitative estimate of drug-likeness (QED) is 0.227. The van der Waals surface area contributed by atoms with Gasteiger partial charge in [-0.15, -0.1) is 0 Å². The summed E-state index contributed by atoms with van der Waals surface area (Å²) < 4.78 is 5.44. The molecule has 0 aliphatic rings. The number of hydrazone groups is 1. The van der Waals surface area contributed by atoms with Crippen molar-refractivity contribution in [2.45, 2.75) is 33.1 Å². The second-order valence-electron chi connectivity index (χ2n) is 6.48. The number of hydrogen-bond acceptors (Lipinski definition) is 5. The highest BCUT2D eigenvalue weighted by atomic mass is 35.5. The van der Waals surface area contributed by atoms with Crippen molar-refractivity contribution < 1.29 is 14.3 Å². The highest BCUT2D eigenvalue weighted by Gasteiger charge is 2.11. The SMILES string of the molecule is CCCCCNC(=O)C(=O)N/N=C\c1cc(Cl)ccc1Nc1ccc(OCC)cc1. The van der Waals surface area contributed by atoms with E-state index in [0.717, 1.165) is 36.4 Å². The van der Waals surface area contributed by atoms with Crippen LogP contribution in [0.4, 0.5) is 11.4 Å². The molecule has 7 nitrogen and oxygen atoms in total. The summed E-state index contributed by atoms with van der Waals surface area (Å²) in [7, 11) is 0. The maximum Gasteiger partial charge on any atom is 0.329 e. The standard InChI is InChI=1S/C22H27ClN4O3/c1-3-5-6-13-24-21(28)22(29)27-25-15-16-14-17(23)7-12-20(16)26-18-8-10-19(11-9-18)30-4-2/h7-12,14-15,26H,3-6,13H2,1-2H3,(H,24,28)(H,27,29)/b25-15-. The van der Waals surface area contributed by atoms with Crippen LogP contribution in [-0.2, 0) is 9.59 Å². The Bertz CT molecular complexity index is 869. The summed E-state index contributed by atoms with van der Waals surface area (Å²) >= 11 is 6.09. The van der Waals surface area contributed by atoms with Crippen molar-refractivity contribution in [1.29, 1.82) is 0 Å². The molecule has 0 fully saturated rings. The average molecular weight is 431 g/mol. The number of anilines is 2. The van der Waals surface area contributed by atoms with Gasteiger partial charge in [0.15, 0.2) is 0 Å². The molecule has 2 aromatic carbocycles. The first-order chi connectivity index (χ1) is 14.5. The Morgan fingerprint density at radius 1 is 1.07 bits per heavy atom. The van der Waals surface area contributed by atoms with Crippen LogP contribution in [0, 0.1) is 0 Å². The molecule has 30 heavy (non-hydrogen) atoms. The summed E-state index contributed by atoms with van der Waals surface area (Å²) in [5.74, 6) is -0.732. The molecule has 160 valence electrons. The third-order valence-electron chi connectivity index (χ3n) is 4.10. The Kier molecular flexibility index (Phi) is 9.67. The average Bonchev–Trinajstić information content (AvgIpc) is 2.74. The molecule has 2 aromatic rings. The predicted molar refractivity (Wildman–Crippen MR) is 121 cm³/mol. The Hall–Kier alpha value is -3.06. The first kappa shape index (κ1) is 23.2. The molecule has 0 atom stereocenters. The molecular weight excluding hydrogens is 404 g/mol. The first-order valence-corrected chi connectivity index (χ1v) is 10.3. The molecule has 0 bridgehead atoms. The first-order valence-electron chi connectivity index (χ1n) is 9.94. The minimum Gasteiger partial charge on any atom is -0.494 e. The van der Waals surface area contributed by atoms with Crippen LogP contribution >= 0.6 is 11.6 Å². The van der Waals surface area contributed by atoms with Gasteiger partial charge in [0.2, 0.25) is 0 Å². The van der Waals surface area contributed by atoms with Gasteiger partial charge >= 0.3 is 11.8 Å². The van der Waals surface area contributed by atoms with Crippen LogP contribution in [-0.4, -0.2) is 31.2 Å². The number of nitrogens with zero attached hydrogens (tertiary/aromatic N) is 1. The lowest BCUT2D eigenvalue weighted by Gasteiger charge is -2.11. The summed E-state index contributed by atoms with van der Waals surface area (Å²) in [4.78, 5) is 23.6. The lowest BCUT2D eigenvalue weighted by Crippen LogP contribution is -2.38. The second-order valence-corrected chi connectivity index (χ2v) is 6.91. The number of unbranched alkanes of at least 4 members (excludes halogenated alkanes) is 2. The van der Waals surface area contributed by atoms with Gasteiger partial charge in [-0.05, 0) is 55.8 Å². The Balaban J connectivity index is 1.99. The van der Waals surface area contributed by atoms with E-state index in [4.69, 9.17) is 16.3 Å². The van der Waals surface area contributed by atoms with Gasteiger partial charge in [0, 0.05) is 28.5 Å². The minimum absolute atomic E-state index is 0.467. The minimum atomic E-state index is -0.814. The molecule has 0 saturated heterocycles. The molecule has 3 N–H and O–H groups in total. The number of carbonyl (C=O) groups excluding carboxylic acids is 2. The highest BCUT2D eigenvalue weighted by molar-refractivity contribution is 6.35. The molecule has 8 heteroatoms. The Labute approximate surface area is 181 Å². The fourth-order valence-electron chi connectivity index (χ4n) is 2.58. The van der Waals surface area contributed by atoms with Crippen LogP contribution < -0.4 is 20.8 Å². The summed E-state index contributed by atoms with van der Waals surface area (Å²) in [6, 6.07) is 12.8. The number of ether oxygens (including phenoxy) is 1. The van der Waals surface area contributed by atoms with Crippen molar-refractivity contribution in [2.24, 2.45) is 5.10 Å². The number of carbonyl (C=O) groups is 2. The molecule has 0 aliphatic carbocycles. The van der Waals surface area contributed by atoms with E-state index >= 15 is 0 Å². The number of amides is 2. The molecule has 0 aromatic heterocycles. The van der Waals surface area contributed by atoms with E-state index in [1.807, 2.05) is 37.3 Å². The Morgan fingerprint density at radius 3 is 2.53 bits per heavy atom. The van der Waals surface area contributed by atoms with Crippen LogP contribution in [0.15, 0.2) is 47.6 Å². The maximum atomic E-state index is 11.8. The third-order valence-corrected chi connectivity index (χ3v) is 4.33. The molecule has 0 saturated carbocycles. The topological polar surface area (TPSA) is 91.8 Å². The number of benzene rings is 2. The molecule has 0 heterocycles. The lowest BCUT2D eigenvalue weighted by atomic mass is 10.2. The molecule has 2 rings (SSSR count). The van der Waals surface area contributed by atoms with Gasteiger partial charge in [-0.2, -0.15) is 5.10 Å². The van der Waals surface area contributed by atoms with E-state index in [1.165, 1.54) is 6.21 Å². The number of nitrogens with one attached hydrogen (secondary N) is 3. The van der Waals surface area contributed by atoms with Crippen molar-refractivity contribution in [1.82, 2.24) is 10.7 Å². The van der Waals surface area contributed by atoms with Gasteiger partial charge in [-0.25, -0.2) is 5.43 Å². The number of rotatable bonds is 10. The van der Waals surface area contributed by atoms with Crippen LogP contribution in [0.25, 0.3) is 0 Å². The van der Waals surface area contributed by atoms with Crippen molar-refractivity contribution in [3.05, 3.63) is 53.1 Å². The van der Waals surface area contributed by atoms with Crippen molar-refractivity contribution in [3.63, 3.8) is 0 Å². The second kappa shape index (κ2) is 12.5. The van der Waals surface area contributed by atoms with E-state index in [1.54, 1.807) is 12.1 Å². The van der Waals surface area contributed by atoms with Gasteiger partial charge in [-0.1, -0.05) is 31.4 Å². The Morgan fingerprint density at radius 2 is 1.83 bits per heavy atom. The van der Waals surface area contributed by atoms with Gasteiger partial charge in [0.1, 0.15) is 5.75 Å². The molecule has 0 radical (unpaired) electrons. The summed E-state index contributed by atoms with van der Waals surface area (Å²) in [6.45, 7) is 5.07. The lowest BCUT2D eigenvalue weighted by molar-refractivity contribution is -0.139. The van der Waals surface area contributed by atoms with Gasteiger partial charge in [0.05, 0.1) is 12.8 Å². The summed E-state index contributed by atoms with van der Waals surface area (Å²) in [5, 5.41) is 10.2. The van der Waals surface area contributed by atoms with Crippen LogP contribution in [0.2, 0.25) is 5.02 Å². The van der Waals surface area contributed by atoms with E-state index in [-0.39, 0.29) is 0 Å². The zero-order valence-electron chi connectivity index (χ0n) is 17.2. The molecule has 0 unspecified atom stereocenters. The normalized spacial score (nSPS) is 10.6. The fourth-order valence-corrected chi connectivity index (χ4v) is 2.76. The van der Waals surface area contributed by atoms with Crippen LogP contribution in [0.3, 0.4) is 0 Å². The van der Waals surface area contributed by atoms with Crippen LogP contribution in [0.1, 0.15) is 38.7 Å². The molecule has 0 spiro atoms. The molecular formula is C22H27ClN4O3. The smallest absolute Gasteiger partial charge is 0.329 e. The van der Waals surface area contributed by atoms with E-state index in [9.17, 15) is 9.59 Å². The summed E-state index contributed by atoms with van der Waals surface area (Å²) in [6.07, 6.45) is 4.31. The van der Waals surface area contributed by atoms with Crippen molar-refractivity contribution in [2.75, 3.05) is 18.5 Å². The number of hydrogen-bond donors (Lipinski definition) is 3. The third kappa shape index (κ3) is 7.75. The van der Waals surface area contributed by atoms with Gasteiger partial charge < -0.3 is 15.4 Å². The highest BCUT2D eigenvalue weighted by Crippen LogP contribution is 2.24. The monoisotopic (exact) mass is 430 g/mol. The van der Waals surface area contributed by atoms with Crippen LogP contribution in [0.5, 0.6) is 5.75 Å². The molecule has 2 amide bonds.